The summed E-state index contributed by atoms with van der Waals surface area (Å²) in [4.78, 5) is 11.6. The van der Waals surface area contributed by atoms with Crippen LogP contribution in [-0.4, -0.2) is 22.8 Å². The minimum absolute atomic E-state index is 0.136. The van der Waals surface area contributed by atoms with Gasteiger partial charge in [-0.15, -0.1) is 10.2 Å². The first-order chi connectivity index (χ1) is 15.1. The van der Waals surface area contributed by atoms with Crippen LogP contribution in [-0.2, 0) is 16.0 Å². The zero-order chi connectivity index (χ0) is 22.1. The summed E-state index contributed by atoms with van der Waals surface area (Å²) >= 11 is 0. The van der Waals surface area contributed by atoms with Crippen molar-refractivity contribution in [3.63, 3.8) is 0 Å². The SMILES string of the molecule is C=C/C=C(\C=C/Cc1nnc(-c2ccc(-c3ccccc3)cc2)o1)COC(=O)C(=C)C. The van der Waals surface area contributed by atoms with Crippen LogP contribution in [0, 0.1) is 0 Å². The summed E-state index contributed by atoms with van der Waals surface area (Å²) < 4.78 is 10.9. The average molecular weight is 412 g/mol. The van der Waals surface area contributed by atoms with Crippen LogP contribution >= 0.6 is 0 Å². The molecule has 0 saturated heterocycles. The molecule has 0 atom stereocenters. The molecule has 156 valence electrons. The van der Waals surface area contributed by atoms with Crippen LogP contribution in [0.3, 0.4) is 0 Å². The summed E-state index contributed by atoms with van der Waals surface area (Å²) in [5.41, 5.74) is 4.29. The van der Waals surface area contributed by atoms with E-state index >= 15 is 0 Å². The van der Waals surface area contributed by atoms with Crippen molar-refractivity contribution in [1.29, 1.82) is 0 Å². The van der Waals surface area contributed by atoms with Crippen LogP contribution in [0.5, 0.6) is 0 Å². The Bertz CT molecular complexity index is 1110. The average Bonchev–Trinajstić information content (AvgIpc) is 3.27. The summed E-state index contributed by atoms with van der Waals surface area (Å²) in [5, 5.41) is 8.25. The lowest BCUT2D eigenvalue weighted by Gasteiger charge is -2.04. The molecule has 0 N–H and O–H groups in total. The smallest absolute Gasteiger partial charge is 0.333 e. The minimum Gasteiger partial charge on any atom is -0.457 e. The zero-order valence-corrected chi connectivity index (χ0v) is 17.5. The summed E-state index contributed by atoms with van der Waals surface area (Å²) in [6.45, 7) is 9.00. The molecule has 0 aliphatic heterocycles. The third kappa shape index (κ3) is 6.24. The van der Waals surface area contributed by atoms with Crippen LogP contribution in [0.4, 0.5) is 0 Å². The van der Waals surface area contributed by atoms with Crippen molar-refractivity contribution < 1.29 is 13.9 Å². The van der Waals surface area contributed by atoms with Crippen molar-refractivity contribution in [2.45, 2.75) is 13.3 Å². The molecule has 3 aromatic rings. The molecule has 31 heavy (non-hydrogen) atoms. The highest BCUT2D eigenvalue weighted by atomic mass is 16.5. The maximum atomic E-state index is 11.6. The quantitative estimate of drug-likeness (QED) is 0.255. The molecule has 5 nitrogen and oxygen atoms in total. The summed E-state index contributed by atoms with van der Waals surface area (Å²) in [6.07, 6.45) is 7.58. The number of ether oxygens (including phenoxy) is 1. The maximum absolute atomic E-state index is 11.6. The molecular formula is C26H24N2O3. The Kier molecular flexibility index (Phi) is 7.49. The van der Waals surface area contributed by atoms with Gasteiger partial charge in [0.05, 0.1) is 0 Å². The summed E-state index contributed by atoms with van der Waals surface area (Å²) in [6, 6.07) is 18.2. The van der Waals surface area contributed by atoms with Crippen molar-refractivity contribution >= 4 is 5.97 Å². The predicted molar refractivity (Wildman–Crippen MR) is 122 cm³/mol. The molecule has 0 aliphatic carbocycles. The Hall–Kier alpha value is -3.99. The maximum Gasteiger partial charge on any atom is 0.333 e. The summed E-state index contributed by atoms with van der Waals surface area (Å²) in [7, 11) is 0. The van der Waals surface area contributed by atoms with E-state index in [0.29, 0.717) is 23.8 Å². The topological polar surface area (TPSA) is 65.2 Å². The van der Waals surface area contributed by atoms with E-state index in [1.54, 1.807) is 19.1 Å². The second-order valence-corrected chi connectivity index (χ2v) is 6.88. The highest BCUT2D eigenvalue weighted by Crippen LogP contribution is 2.24. The Balaban J connectivity index is 1.61. The van der Waals surface area contributed by atoms with Gasteiger partial charge in [-0.05, 0) is 35.8 Å². The van der Waals surface area contributed by atoms with Crippen molar-refractivity contribution in [3.8, 4) is 22.6 Å². The van der Waals surface area contributed by atoms with Gasteiger partial charge in [-0.1, -0.05) is 79.9 Å². The van der Waals surface area contributed by atoms with Crippen molar-refractivity contribution in [1.82, 2.24) is 10.2 Å². The van der Waals surface area contributed by atoms with Crippen LogP contribution in [0.15, 0.2) is 108 Å². The second-order valence-electron chi connectivity index (χ2n) is 6.88. The number of hydrogen-bond acceptors (Lipinski definition) is 5. The molecule has 0 bridgehead atoms. The monoisotopic (exact) mass is 412 g/mol. The lowest BCUT2D eigenvalue weighted by molar-refractivity contribution is -0.137. The van der Waals surface area contributed by atoms with E-state index in [0.717, 1.165) is 22.3 Å². The number of rotatable bonds is 9. The zero-order valence-electron chi connectivity index (χ0n) is 17.5. The number of benzene rings is 2. The number of hydrogen-bond donors (Lipinski definition) is 0. The fraction of sp³-hybridized carbons (Fsp3) is 0.115. The van der Waals surface area contributed by atoms with Crippen molar-refractivity contribution in [2.24, 2.45) is 0 Å². The van der Waals surface area contributed by atoms with Crippen LogP contribution in [0.1, 0.15) is 12.8 Å². The third-order valence-electron chi connectivity index (χ3n) is 4.38. The molecule has 0 radical (unpaired) electrons. The summed E-state index contributed by atoms with van der Waals surface area (Å²) in [5.74, 6) is 0.540. The van der Waals surface area contributed by atoms with Gasteiger partial charge in [0.2, 0.25) is 11.8 Å². The molecule has 0 amide bonds. The van der Waals surface area contributed by atoms with Gasteiger partial charge in [-0.2, -0.15) is 0 Å². The van der Waals surface area contributed by atoms with E-state index in [4.69, 9.17) is 9.15 Å². The van der Waals surface area contributed by atoms with Gasteiger partial charge < -0.3 is 9.15 Å². The highest BCUT2D eigenvalue weighted by molar-refractivity contribution is 5.87. The predicted octanol–water partition coefficient (Wildman–Crippen LogP) is 5.73. The Labute approximate surface area is 182 Å². The van der Waals surface area contributed by atoms with E-state index in [9.17, 15) is 4.79 Å². The Morgan fingerprint density at radius 1 is 1.03 bits per heavy atom. The molecular weight excluding hydrogens is 388 g/mol. The molecule has 1 aromatic heterocycles. The van der Waals surface area contributed by atoms with Gasteiger partial charge in [-0.25, -0.2) is 4.79 Å². The van der Waals surface area contributed by atoms with E-state index in [-0.39, 0.29) is 6.61 Å². The lowest BCUT2D eigenvalue weighted by atomic mass is 10.0. The molecule has 0 unspecified atom stereocenters. The first-order valence-electron chi connectivity index (χ1n) is 9.86. The molecule has 5 heteroatoms. The van der Waals surface area contributed by atoms with Gasteiger partial charge in [0.25, 0.3) is 0 Å². The normalized spacial score (nSPS) is 11.5. The lowest BCUT2D eigenvalue weighted by Crippen LogP contribution is -2.07. The van der Waals surface area contributed by atoms with E-state index in [1.165, 1.54) is 0 Å². The van der Waals surface area contributed by atoms with E-state index in [2.05, 4.69) is 35.5 Å². The molecule has 0 fully saturated rings. The molecule has 3 rings (SSSR count). The second kappa shape index (κ2) is 10.7. The van der Waals surface area contributed by atoms with Gasteiger partial charge in [-0.3, -0.25) is 0 Å². The highest BCUT2D eigenvalue weighted by Gasteiger charge is 2.08. The number of allylic oxidation sites excluding steroid dienone is 3. The fourth-order valence-electron chi connectivity index (χ4n) is 2.77. The van der Waals surface area contributed by atoms with E-state index in [1.807, 2.05) is 54.6 Å². The van der Waals surface area contributed by atoms with Gasteiger partial charge in [0.15, 0.2) is 0 Å². The first kappa shape index (κ1) is 21.7. The Morgan fingerprint density at radius 3 is 2.39 bits per heavy atom. The third-order valence-corrected chi connectivity index (χ3v) is 4.38. The van der Waals surface area contributed by atoms with Gasteiger partial charge in [0, 0.05) is 17.6 Å². The Morgan fingerprint density at radius 2 is 1.71 bits per heavy atom. The van der Waals surface area contributed by atoms with Crippen molar-refractivity contribution in [3.05, 3.63) is 109 Å². The van der Waals surface area contributed by atoms with Gasteiger partial charge >= 0.3 is 5.97 Å². The van der Waals surface area contributed by atoms with Gasteiger partial charge in [0.1, 0.15) is 6.61 Å². The van der Waals surface area contributed by atoms with Crippen LogP contribution in [0.25, 0.3) is 22.6 Å². The molecule has 0 saturated carbocycles. The number of aromatic nitrogens is 2. The van der Waals surface area contributed by atoms with E-state index < -0.39 is 5.97 Å². The molecule has 1 heterocycles. The molecule has 0 aliphatic rings. The molecule has 2 aromatic carbocycles. The number of carbonyl (C=O) groups excluding carboxylic acids is 1. The largest absolute Gasteiger partial charge is 0.457 e. The number of esters is 1. The minimum atomic E-state index is -0.428. The number of carbonyl (C=O) groups is 1. The first-order valence-corrected chi connectivity index (χ1v) is 9.86. The number of nitrogens with zero attached hydrogens (tertiary/aromatic N) is 2. The molecule has 0 spiro atoms. The fourth-order valence-corrected chi connectivity index (χ4v) is 2.77. The van der Waals surface area contributed by atoms with Crippen LogP contribution < -0.4 is 0 Å². The standard InChI is InChI=1S/C26H24N2O3/c1-4-9-20(18-30-26(29)19(2)3)10-8-13-24-27-28-25(31-24)23-16-14-22(15-17-23)21-11-6-5-7-12-21/h4-12,14-17H,1-2,13,18H2,3H3/b10-8-,20-9+. The van der Waals surface area contributed by atoms with Crippen LogP contribution in [0.2, 0.25) is 0 Å². The van der Waals surface area contributed by atoms with Crippen molar-refractivity contribution in [2.75, 3.05) is 6.61 Å².